The molecule has 0 unspecified atom stereocenters. The molecule has 2 amide bonds. The van der Waals surface area contributed by atoms with E-state index in [1.165, 1.54) is 0 Å². The van der Waals surface area contributed by atoms with Crippen molar-refractivity contribution in [2.75, 3.05) is 20.3 Å². The Kier molecular flexibility index (Phi) is 6.31. The van der Waals surface area contributed by atoms with Crippen LogP contribution in [-0.4, -0.2) is 43.1 Å². The van der Waals surface area contributed by atoms with E-state index in [1.54, 1.807) is 11.9 Å². The third kappa shape index (κ3) is 4.17. The Morgan fingerprint density at radius 2 is 1.93 bits per heavy atom. The van der Waals surface area contributed by atoms with Gasteiger partial charge in [0, 0.05) is 19.2 Å². The fraction of sp³-hybridized carbons (Fsp3) is 0.364. The van der Waals surface area contributed by atoms with E-state index in [2.05, 4.69) is 5.32 Å². The quantitative estimate of drug-likeness (QED) is 0.834. The first-order valence-electron chi connectivity index (χ1n) is 9.44. The molecule has 2 aromatic rings. The van der Waals surface area contributed by atoms with E-state index >= 15 is 0 Å². The van der Waals surface area contributed by atoms with Crippen LogP contribution in [0.1, 0.15) is 29.7 Å². The summed E-state index contributed by atoms with van der Waals surface area (Å²) in [5, 5.41) is 2.94. The molecule has 28 heavy (non-hydrogen) atoms. The van der Waals surface area contributed by atoms with Gasteiger partial charge in [-0.3, -0.25) is 9.59 Å². The first-order valence-corrected chi connectivity index (χ1v) is 9.44. The number of carbonyl (C=O) groups excluding carboxylic acids is 2. The summed E-state index contributed by atoms with van der Waals surface area (Å²) in [6.07, 6.45) is -0.775. The average molecular weight is 382 g/mol. The minimum Gasteiger partial charge on any atom is -0.494 e. The Balaban J connectivity index is 1.79. The zero-order valence-corrected chi connectivity index (χ0v) is 16.5. The molecular weight excluding hydrogens is 356 g/mol. The van der Waals surface area contributed by atoms with Gasteiger partial charge >= 0.3 is 0 Å². The minimum atomic E-state index is -0.775. The van der Waals surface area contributed by atoms with Gasteiger partial charge in [-0.05, 0) is 31.0 Å². The molecule has 0 aliphatic carbocycles. The van der Waals surface area contributed by atoms with Crippen LogP contribution in [-0.2, 0) is 20.9 Å². The van der Waals surface area contributed by atoms with Crippen molar-refractivity contribution < 1.29 is 19.1 Å². The molecule has 1 N–H and O–H groups in total. The van der Waals surface area contributed by atoms with Gasteiger partial charge < -0.3 is 19.7 Å². The fourth-order valence-electron chi connectivity index (χ4n) is 3.45. The normalized spacial score (nSPS) is 19.4. The van der Waals surface area contributed by atoms with Crippen LogP contribution in [0.15, 0.2) is 48.5 Å². The van der Waals surface area contributed by atoms with Crippen molar-refractivity contribution >= 4 is 11.8 Å². The third-order valence-electron chi connectivity index (χ3n) is 4.97. The van der Waals surface area contributed by atoms with Gasteiger partial charge in [0.05, 0.1) is 12.6 Å². The van der Waals surface area contributed by atoms with Gasteiger partial charge in [0.25, 0.3) is 5.91 Å². The first kappa shape index (κ1) is 19.9. The van der Waals surface area contributed by atoms with E-state index in [0.29, 0.717) is 13.2 Å². The number of aryl methyl sites for hydroxylation is 1. The molecule has 1 fully saturated rings. The Bertz CT molecular complexity index is 852. The predicted octanol–water partition coefficient (Wildman–Crippen LogP) is 2.61. The maximum atomic E-state index is 13.0. The number of benzene rings is 2. The van der Waals surface area contributed by atoms with Gasteiger partial charge in [-0.15, -0.1) is 0 Å². The highest BCUT2D eigenvalue weighted by molar-refractivity contribution is 5.86. The molecule has 1 aliphatic rings. The van der Waals surface area contributed by atoms with Crippen LogP contribution in [0.2, 0.25) is 0 Å². The second kappa shape index (κ2) is 8.89. The highest BCUT2D eigenvalue weighted by atomic mass is 16.5. The molecule has 1 heterocycles. The SMILES string of the molecule is CCOc1ccccc1CNC(=O)[C@H]1OCC(=O)N(C)[C@@H]1c1ccccc1C. The van der Waals surface area contributed by atoms with Crippen molar-refractivity contribution in [1.29, 1.82) is 0 Å². The van der Waals surface area contributed by atoms with Crippen LogP contribution in [0.5, 0.6) is 5.75 Å². The summed E-state index contributed by atoms with van der Waals surface area (Å²) in [5.74, 6) is 0.357. The van der Waals surface area contributed by atoms with Crippen LogP contribution in [0.3, 0.4) is 0 Å². The van der Waals surface area contributed by atoms with Crippen LogP contribution < -0.4 is 10.1 Å². The summed E-state index contributed by atoms with van der Waals surface area (Å²) in [6, 6.07) is 14.9. The number of nitrogens with one attached hydrogen (secondary N) is 1. The molecule has 1 aliphatic heterocycles. The standard InChI is InChI=1S/C22H26N2O4/c1-4-27-18-12-8-6-10-16(18)13-23-22(26)21-20(24(3)19(25)14-28-21)17-11-7-5-9-15(17)2/h5-12,20-21H,4,13-14H2,1-3H3,(H,23,26)/t20-,21+/m1/s1. The number of likely N-dealkylation sites (N-methyl/N-ethyl adjacent to an activating group) is 1. The Labute approximate surface area is 165 Å². The zero-order chi connectivity index (χ0) is 20.1. The summed E-state index contributed by atoms with van der Waals surface area (Å²) < 4.78 is 11.3. The topological polar surface area (TPSA) is 67.9 Å². The number of nitrogens with zero attached hydrogens (tertiary/aromatic N) is 1. The number of rotatable bonds is 6. The highest BCUT2D eigenvalue weighted by Gasteiger charge is 2.40. The molecule has 0 spiro atoms. The third-order valence-corrected chi connectivity index (χ3v) is 4.97. The summed E-state index contributed by atoms with van der Waals surface area (Å²) in [6.45, 7) is 4.67. The van der Waals surface area contributed by atoms with Gasteiger partial charge in [-0.1, -0.05) is 42.5 Å². The molecule has 0 saturated carbocycles. The molecule has 3 rings (SSSR count). The molecule has 0 aromatic heterocycles. The van der Waals surface area contributed by atoms with Gasteiger partial charge in [0.2, 0.25) is 5.91 Å². The number of amides is 2. The van der Waals surface area contributed by atoms with E-state index in [1.807, 2.05) is 62.4 Å². The number of carbonyl (C=O) groups is 2. The van der Waals surface area contributed by atoms with E-state index in [9.17, 15) is 9.59 Å². The molecule has 6 heteroatoms. The summed E-state index contributed by atoms with van der Waals surface area (Å²) in [4.78, 5) is 26.8. The minimum absolute atomic E-state index is 0.105. The van der Waals surface area contributed by atoms with Crippen molar-refractivity contribution in [2.24, 2.45) is 0 Å². The maximum absolute atomic E-state index is 13.0. The lowest BCUT2D eigenvalue weighted by Crippen LogP contribution is -2.53. The number of morpholine rings is 1. The van der Waals surface area contributed by atoms with Crippen molar-refractivity contribution in [2.45, 2.75) is 32.5 Å². The zero-order valence-electron chi connectivity index (χ0n) is 16.5. The van der Waals surface area contributed by atoms with Gasteiger partial charge in [-0.25, -0.2) is 0 Å². The van der Waals surface area contributed by atoms with Crippen LogP contribution in [0.25, 0.3) is 0 Å². The van der Waals surface area contributed by atoms with E-state index in [0.717, 1.165) is 22.4 Å². The largest absolute Gasteiger partial charge is 0.494 e. The molecule has 1 saturated heterocycles. The molecule has 0 radical (unpaired) electrons. The van der Waals surface area contributed by atoms with E-state index < -0.39 is 12.1 Å². The van der Waals surface area contributed by atoms with Crippen LogP contribution in [0, 0.1) is 6.92 Å². The smallest absolute Gasteiger partial charge is 0.251 e. The number of hydrogen-bond donors (Lipinski definition) is 1. The highest BCUT2D eigenvalue weighted by Crippen LogP contribution is 2.31. The molecular formula is C22H26N2O4. The van der Waals surface area contributed by atoms with Gasteiger partial charge in [0.15, 0.2) is 6.10 Å². The predicted molar refractivity (Wildman–Crippen MR) is 106 cm³/mol. The monoisotopic (exact) mass is 382 g/mol. The Hall–Kier alpha value is -2.86. The number of para-hydroxylation sites is 1. The lowest BCUT2D eigenvalue weighted by atomic mass is 9.94. The lowest BCUT2D eigenvalue weighted by molar-refractivity contribution is -0.162. The van der Waals surface area contributed by atoms with Gasteiger partial charge in [-0.2, -0.15) is 0 Å². The Morgan fingerprint density at radius 3 is 2.68 bits per heavy atom. The van der Waals surface area contributed by atoms with Crippen molar-refractivity contribution in [3.63, 3.8) is 0 Å². The summed E-state index contributed by atoms with van der Waals surface area (Å²) in [5.41, 5.74) is 2.82. The second-order valence-corrected chi connectivity index (χ2v) is 6.80. The van der Waals surface area contributed by atoms with Crippen LogP contribution >= 0.6 is 0 Å². The average Bonchev–Trinajstić information content (AvgIpc) is 2.70. The lowest BCUT2D eigenvalue weighted by Gasteiger charge is -2.39. The summed E-state index contributed by atoms with van der Waals surface area (Å²) >= 11 is 0. The Morgan fingerprint density at radius 1 is 1.21 bits per heavy atom. The number of ether oxygens (including phenoxy) is 2. The molecule has 2 aromatic carbocycles. The number of hydrogen-bond acceptors (Lipinski definition) is 4. The maximum Gasteiger partial charge on any atom is 0.251 e. The second-order valence-electron chi connectivity index (χ2n) is 6.80. The molecule has 0 bridgehead atoms. The van der Waals surface area contributed by atoms with Crippen molar-refractivity contribution in [1.82, 2.24) is 10.2 Å². The molecule has 2 atom stereocenters. The van der Waals surface area contributed by atoms with E-state index in [4.69, 9.17) is 9.47 Å². The van der Waals surface area contributed by atoms with Crippen molar-refractivity contribution in [3.05, 3.63) is 65.2 Å². The first-order chi connectivity index (χ1) is 13.5. The molecule has 6 nitrogen and oxygen atoms in total. The summed E-state index contributed by atoms with van der Waals surface area (Å²) in [7, 11) is 1.71. The van der Waals surface area contributed by atoms with E-state index in [-0.39, 0.29) is 18.4 Å². The van der Waals surface area contributed by atoms with Gasteiger partial charge in [0.1, 0.15) is 12.4 Å². The molecule has 148 valence electrons. The van der Waals surface area contributed by atoms with Crippen molar-refractivity contribution in [3.8, 4) is 5.75 Å². The van der Waals surface area contributed by atoms with Crippen LogP contribution in [0.4, 0.5) is 0 Å². The fourth-order valence-corrected chi connectivity index (χ4v) is 3.45.